The summed E-state index contributed by atoms with van der Waals surface area (Å²) >= 11 is 0. The van der Waals surface area contributed by atoms with E-state index in [4.69, 9.17) is 24.3 Å². The van der Waals surface area contributed by atoms with Crippen LogP contribution in [-0.4, -0.2) is 65.2 Å². The minimum absolute atomic E-state index is 0.0396. The summed E-state index contributed by atoms with van der Waals surface area (Å²) in [6, 6.07) is 17.0. The lowest BCUT2D eigenvalue weighted by atomic mass is 9.82. The summed E-state index contributed by atoms with van der Waals surface area (Å²) in [5, 5.41) is 9.00. The largest absolute Gasteiger partial charge is 0.494 e. The third kappa shape index (κ3) is 7.18. The van der Waals surface area contributed by atoms with Crippen LogP contribution in [0.2, 0.25) is 0 Å². The lowest BCUT2D eigenvalue weighted by molar-refractivity contribution is -0.155. The Morgan fingerprint density at radius 2 is 1.74 bits per heavy atom. The summed E-state index contributed by atoms with van der Waals surface area (Å²) in [4.78, 5) is 34.1. The van der Waals surface area contributed by atoms with E-state index in [1.165, 1.54) is 0 Å². The summed E-state index contributed by atoms with van der Waals surface area (Å²) in [6.45, 7) is 7.31. The predicted octanol–water partition coefficient (Wildman–Crippen LogP) is 4.84. The van der Waals surface area contributed by atoms with Crippen LogP contribution in [0.4, 0.5) is 0 Å². The average molecular weight is 537 g/mol. The van der Waals surface area contributed by atoms with Crippen LogP contribution in [0.5, 0.6) is 5.75 Å². The molecule has 8 heteroatoms. The van der Waals surface area contributed by atoms with Crippen molar-refractivity contribution in [3.05, 3.63) is 65.7 Å². The van der Waals surface area contributed by atoms with Gasteiger partial charge >= 0.3 is 5.97 Å². The van der Waals surface area contributed by atoms with Crippen LogP contribution in [0.15, 0.2) is 59.6 Å². The van der Waals surface area contributed by atoms with Gasteiger partial charge in [0.1, 0.15) is 11.4 Å². The number of rotatable bonds is 10. The van der Waals surface area contributed by atoms with Gasteiger partial charge in [-0.05, 0) is 76.3 Å². The van der Waals surface area contributed by atoms with E-state index in [0.29, 0.717) is 37.8 Å². The first-order chi connectivity index (χ1) is 18.7. The second kappa shape index (κ2) is 12.6. The van der Waals surface area contributed by atoms with Gasteiger partial charge < -0.3 is 24.2 Å². The van der Waals surface area contributed by atoms with Crippen LogP contribution >= 0.6 is 0 Å². The number of hydrogen-bond acceptors (Lipinski definition) is 7. The van der Waals surface area contributed by atoms with E-state index in [-0.39, 0.29) is 31.3 Å². The number of piperidine rings is 1. The Bertz CT molecular complexity index is 1140. The maximum Gasteiger partial charge on any atom is 0.306 e. The Morgan fingerprint density at radius 1 is 1.05 bits per heavy atom. The molecule has 2 aromatic rings. The Hall–Kier alpha value is -3.39. The lowest BCUT2D eigenvalue weighted by Gasteiger charge is -2.37. The molecular formula is C31H40N2O6. The number of aliphatic hydroxyl groups excluding tert-OH is 1. The zero-order chi connectivity index (χ0) is 27.9. The summed E-state index contributed by atoms with van der Waals surface area (Å²) < 4.78 is 17.8. The molecule has 0 aliphatic carbocycles. The van der Waals surface area contributed by atoms with Gasteiger partial charge in [0.2, 0.25) is 5.90 Å². The minimum Gasteiger partial charge on any atom is -0.494 e. The molecule has 1 N–H and O–H groups in total. The van der Waals surface area contributed by atoms with E-state index < -0.39 is 17.2 Å². The third-order valence-corrected chi connectivity index (χ3v) is 6.88. The maximum absolute atomic E-state index is 14.3. The molecule has 2 heterocycles. The second-order valence-corrected chi connectivity index (χ2v) is 11.1. The molecule has 0 spiro atoms. The van der Waals surface area contributed by atoms with Crippen molar-refractivity contribution in [2.45, 2.75) is 76.5 Å². The van der Waals surface area contributed by atoms with E-state index in [2.05, 4.69) is 0 Å². The summed E-state index contributed by atoms with van der Waals surface area (Å²) in [6.07, 6.45) is 3.05. The van der Waals surface area contributed by atoms with Crippen molar-refractivity contribution < 1.29 is 28.9 Å². The van der Waals surface area contributed by atoms with Crippen LogP contribution in [0.1, 0.15) is 76.5 Å². The summed E-state index contributed by atoms with van der Waals surface area (Å²) in [5.74, 6) is 0.554. The monoisotopic (exact) mass is 536 g/mol. The maximum atomic E-state index is 14.3. The molecule has 0 radical (unpaired) electrons. The van der Waals surface area contributed by atoms with Gasteiger partial charge in [0, 0.05) is 38.1 Å². The fourth-order valence-electron chi connectivity index (χ4n) is 5.04. The van der Waals surface area contributed by atoms with Gasteiger partial charge in [0.15, 0.2) is 11.6 Å². The number of amides is 1. The second-order valence-electron chi connectivity index (χ2n) is 11.1. The van der Waals surface area contributed by atoms with Crippen LogP contribution in [0, 0.1) is 0 Å². The topological polar surface area (TPSA) is 97.7 Å². The number of carbonyl (C=O) groups excluding carboxylic acids is 2. The van der Waals surface area contributed by atoms with Crippen LogP contribution in [0.3, 0.4) is 0 Å². The van der Waals surface area contributed by atoms with E-state index in [1.54, 1.807) is 0 Å². The molecule has 1 saturated heterocycles. The first-order valence-corrected chi connectivity index (χ1v) is 13.9. The van der Waals surface area contributed by atoms with Gasteiger partial charge in [-0.1, -0.05) is 30.3 Å². The Kier molecular flexibility index (Phi) is 9.28. The van der Waals surface area contributed by atoms with Crippen molar-refractivity contribution in [3.8, 4) is 5.75 Å². The molecule has 8 nitrogen and oxygen atoms in total. The van der Waals surface area contributed by atoms with Gasteiger partial charge in [0.25, 0.3) is 5.91 Å². The van der Waals surface area contributed by atoms with Gasteiger partial charge in [0.05, 0.1) is 6.61 Å². The zero-order valence-electron chi connectivity index (χ0n) is 23.2. The number of carbonyl (C=O) groups is 2. The number of nitrogens with zero attached hydrogens (tertiary/aromatic N) is 2. The number of benzene rings is 2. The average Bonchev–Trinajstić information content (AvgIpc) is 3.33. The number of likely N-dealkylation sites (tertiary alicyclic amines) is 1. The smallest absolute Gasteiger partial charge is 0.306 e. The van der Waals surface area contributed by atoms with E-state index in [1.807, 2.05) is 80.3 Å². The fraction of sp³-hybridized carbons (Fsp3) is 0.516. The molecule has 1 amide bonds. The standard InChI is InChI=1S/C31H40N2O6/c1-30(2,3)39-26(35)17-18-31(29(36)33-19-8-5-9-20-33)27(23-11-6-4-7-12-23)38-28(32-31)24-13-15-25(16-14-24)37-22-10-21-34/h4,6-7,11-16,27,34H,5,8-10,17-22H2,1-3H3/t27-,31-/m1/s1. The Balaban J connectivity index is 1.71. The molecule has 2 aromatic carbocycles. The van der Waals surface area contributed by atoms with Gasteiger partial charge in [-0.2, -0.15) is 0 Å². The molecule has 210 valence electrons. The number of esters is 1. The molecule has 4 rings (SSSR count). The van der Waals surface area contributed by atoms with E-state index in [9.17, 15) is 9.59 Å². The summed E-state index contributed by atoms with van der Waals surface area (Å²) in [5.41, 5.74) is -0.381. The van der Waals surface area contributed by atoms with E-state index >= 15 is 0 Å². The number of ether oxygens (including phenoxy) is 3. The number of aliphatic imine (C=N–C) groups is 1. The molecule has 1 fully saturated rings. The SMILES string of the molecule is CC(C)(C)OC(=O)CC[C@@]1(C(=O)N2CCCCC2)N=C(c2ccc(OCCCO)cc2)O[C@@H]1c1ccccc1. The molecular weight excluding hydrogens is 496 g/mol. The molecule has 2 atom stereocenters. The highest BCUT2D eigenvalue weighted by atomic mass is 16.6. The number of hydrogen-bond donors (Lipinski definition) is 1. The predicted molar refractivity (Wildman–Crippen MR) is 149 cm³/mol. The normalized spacial score (nSPS) is 21.2. The van der Waals surface area contributed by atoms with Gasteiger partial charge in [-0.25, -0.2) is 4.99 Å². The molecule has 39 heavy (non-hydrogen) atoms. The lowest BCUT2D eigenvalue weighted by Crippen LogP contribution is -2.52. The Labute approximate surface area is 231 Å². The first-order valence-electron chi connectivity index (χ1n) is 13.9. The van der Waals surface area contributed by atoms with Crippen molar-refractivity contribution in [3.63, 3.8) is 0 Å². The fourth-order valence-corrected chi connectivity index (χ4v) is 5.04. The zero-order valence-corrected chi connectivity index (χ0v) is 23.2. The first kappa shape index (κ1) is 28.6. The van der Waals surface area contributed by atoms with Gasteiger partial charge in [-0.15, -0.1) is 0 Å². The molecule has 0 bridgehead atoms. The number of aliphatic hydroxyl groups is 1. The highest BCUT2D eigenvalue weighted by molar-refractivity contribution is 6.01. The highest BCUT2D eigenvalue weighted by Gasteiger charge is 2.54. The molecule has 0 aromatic heterocycles. The quantitative estimate of drug-likeness (QED) is 0.345. The van der Waals surface area contributed by atoms with Gasteiger partial charge in [-0.3, -0.25) is 9.59 Å². The Morgan fingerprint density at radius 3 is 2.38 bits per heavy atom. The highest BCUT2D eigenvalue weighted by Crippen LogP contribution is 2.44. The van der Waals surface area contributed by atoms with Crippen LogP contribution < -0.4 is 4.74 Å². The molecule has 0 saturated carbocycles. The van der Waals surface area contributed by atoms with Crippen molar-refractivity contribution in [1.29, 1.82) is 0 Å². The molecule has 2 aliphatic rings. The van der Waals surface area contributed by atoms with Crippen molar-refractivity contribution in [2.75, 3.05) is 26.3 Å². The molecule has 0 unspecified atom stereocenters. The van der Waals surface area contributed by atoms with Crippen molar-refractivity contribution in [1.82, 2.24) is 4.90 Å². The van der Waals surface area contributed by atoms with Crippen molar-refractivity contribution >= 4 is 17.8 Å². The van der Waals surface area contributed by atoms with Crippen molar-refractivity contribution in [2.24, 2.45) is 4.99 Å². The minimum atomic E-state index is -1.30. The third-order valence-electron chi connectivity index (χ3n) is 6.88. The van der Waals surface area contributed by atoms with Crippen LogP contribution in [0.25, 0.3) is 0 Å². The summed E-state index contributed by atoms with van der Waals surface area (Å²) in [7, 11) is 0. The molecule has 2 aliphatic heterocycles. The van der Waals surface area contributed by atoms with Crippen LogP contribution in [-0.2, 0) is 19.1 Å². The van der Waals surface area contributed by atoms with E-state index in [0.717, 1.165) is 30.4 Å².